The molecule has 1 fully saturated rings. The lowest BCUT2D eigenvalue weighted by molar-refractivity contribution is -0.162. The van der Waals surface area contributed by atoms with Crippen molar-refractivity contribution in [1.29, 1.82) is 0 Å². The second-order valence-electron chi connectivity index (χ2n) is 12.5. The van der Waals surface area contributed by atoms with Crippen molar-refractivity contribution in [2.24, 2.45) is 11.3 Å². The van der Waals surface area contributed by atoms with Crippen LogP contribution in [-0.2, 0) is 32.9 Å². The van der Waals surface area contributed by atoms with Crippen molar-refractivity contribution in [1.82, 2.24) is 24.7 Å². The molecule has 4 rings (SSSR count). The van der Waals surface area contributed by atoms with Crippen molar-refractivity contribution >= 4 is 31.2 Å². The van der Waals surface area contributed by atoms with E-state index >= 15 is 4.39 Å². The van der Waals surface area contributed by atoms with Crippen LogP contribution >= 0.6 is 7.75 Å². The van der Waals surface area contributed by atoms with Crippen LogP contribution in [0.25, 0.3) is 5.65 Å². The highest BCUT2D eigenvalue weighted by Crippen LogP contribution is 2.49. The van der Waals surface area contributed by atoms with E-state index in [1.807, 2.05) is 20.8 Å². The third-order valence-corrected chi connectivity index (χ3v) is 8.43. The minimum Gasteiger partial charge on any atom is -0.464 e. The Hall–Kier alpha value is -3.65. The number of ether oxygens (including phenoxy) is 3. The highest BCUT2D eigenvalue weighted by atomic mass is 31.2. The minimum atomic E-state index is -4.36. The molecule has 1 aliphatic rings. The number of halogens is 1. The summed E-state index contributed by atoms with van der Waals surface area (Å²) in [6, 6.07) is 7.03. The van der Waals surface area contributed by atoms with Crippen LogP contribution in [0.1, 0.15) is 60.3 Å². The third-order valence-electron chi connectivity index (χ3n) is 6.79. The fraction of sp³-hybridized carbons (Fsp3) is 0.552. The fourth-order valence-corrected chi connectivity index (χ4v) is 5.95. The number of benzene rings is 1. The van der Waals surface area contributed by atoms with Crippen LogP contribution in [-0.4, -0.2) is 68.7 Å². The summed E-state index contributed by atoms with van der Waals surface area (Å²) < 4.78 is 60.7. The van der Waals surface area contributed by atoms with Gasteiger partial charge in [0.25, 0.3) is 0 Å². The summed E-state index contributed by atoms with van der Waals surface area (Å²) in [4.78, 5) is 33.5. The number of alkyl halides is 1. The number of esters is 2. The number of hydrogen-bond acceptors (Lipinski definition) is 12. The molecule has 0 radical (unpaired) electrons. The van der Waals surface area contributed by atoms with Gasteiger partial charge < -0.3 is 24.5 Å². The number of nitrogens with one attached hydrogen (secondary N) is 1. The van der Waals surface area contributed by atoms with Crippen LogP contribution in [0.3, 0.4) is 0 Å². The summed E-state index contributed by atoms with van der Waals surface area (Å²) in [5.74, 6) is -1.71. The molecular formula is C29H40FN6O8P. The first kappa shape index (κ1) is 34.2. The molecule has 14 nitrogen and oxygen atoms in total. The van der Waals surface area contributed by atoms with Gasteiger partial charge in [0.05, 0.1) is 31.0 Å². The molecule has 3 aromatic rings. The Kier molecular flexibility index (Phi) is 10.2. The second-order valence-corrected chi connectivity index (χ2v) is 14.2. The van der Waals surface area contributed by atoms with E-state index in [1.165, 1.54) is 30.9 Å². The summed E-state index contributed by atoms with van der Waals surface area (Å²) in [6.45, 7) is 11.1. The number of nitrogens with zero attached hydrogens (tertiary/aromatic N) is 4. The first-order chi connectivity index (χ1) is 21.0. The van der Waals surface area contributed by atoms with Gasteiger partial charge in [0.15, 0.2) is 23.2 Å². The van der Waals surface area contributed by atoms with Crippen molar-refractivity contribution in [3.8, 4) is 5.75 Å². The molecule has 1 aliphatic heterocycles. The minimum absolute atomic E-state index is 0.0673. The Morgan fingerprint density at radius 1 is 1.18 bits per heavy atom. The van der Waals surface area contributed by atoms with Crippen molar-refractivity contribution in [3.63, 3.8) is 0 Å². The highest BCUT2D eigenvalue weighted by molar-refractivity contribution is 7.52. The maximum absolute atomic E-state index is 16.7. The summed E-state index contributed by atoms with van der Waals surface area (Å²) in [6.07, 6.45) is -1.64. The molecule has 246 valence electrons. The molecule has 0 spiro atoms. The molecule has 0 bridgehead atoms. The van der Waals surface area contributed by atoms with Gasteiger partial charge in [-0.15, -0.1) is 0 Å². The van der Waals surface area contributed by atoms with Crippen LogP contribution in [0.15, 0.2) is 42.9 Å². The van der Waals surface area contributed by atoms with Gasteiger partial charge >= 0.3 is 19.7 Å². The third kappa shape index (κ3) is 8.15. The normalized spacial score (nSPS) is 23.9. The van der Waals surface area contributed by atoms with Crippen molar-refractivity contribution in [2.75, 3.05) is 18.9 Å². The van der Waals surface area contributed by atoms with E-state index in [0.717, 1.165) is 0 Å². The van der Waals surface area contributed by atoms with Gasteiger partial charge in [-0.3, -0.25) is 14.1 Å². The van der Waals surface area contributed by atoms with Gasteiger partial charge in [0.2, 0.25) is 0 Å². The summed E-state index contributed by atoms with van der Waals surface area (Å²) in [5, 5.41) is 6.72. The van der Waals surface area contributed by atoms with E-state index in [-0.39, 0.29) is 34.9 Å². The largest absolute Gasteiger partial charge is 0.464 e. The van der Waals surface area contributed by atoms with E-state index in [1.54, 1.807) is 44.2 Å². The number of carbonyl (C=O) groups excluding carboxylic acids is 2. The topological polar surface area (TPSA) is 178 Å². The number of imidazole rings is 1. The number of aromatic nitrogens is 4. The Morgan fingerprint density at radius 2 is 1.87 bits per heavy atom. The lowest BCUT2D eigenvalue weighted by Crippen LogP contribution is -2.44. The number of anilines is 1. The maximum Gasteiger partial charge on any atom is 0.459 e. The van der Waals surface area contributed by atoms with Crippen molar-refractivity contribution in [3.05, 3.63) is 48.5 Å². The lowest BCUT2D eigenvalue weighted by atomic mass is 9.93. The molecule has 6 unspecified atom stereocenters. The quantitative estimate of drug-likeness (QED) is 0.211. The average Bonchev–Trinajstić information content (AvgIpc) is 3.49. The van der Waals surface area contributed by atoms with E-state index in [9.17, 15) is 14.2 Å². The predicted molar refractivity (Wildman–Crippen MR) is 161 cm³/mol. The van der Waals surface area contributed by atoms with Crippen molar-refractivity contribution in [2.45, 2.75) is 78.5 Å². The first-order valence-corrected chi connectivity index (χ1v) is 16.0. The van der Waals surface area contributed by atoms with Gasteiger partial charge in [0, 0.05) is 0 Å². The Bertz CT molecular complexity index is 1550. The van der Waals surface area contributed by atoms with Gasteiger partial charge in [-0.25, -0.2) is 23.4 Å². The number of rotatable bonds is 12. The maximum atomic E-state index is 16.7. The molecule has 6 atom stereocenters. The zero-order valence-electron chi connectivity index (χ0n) is 26.3. The molecule has 0 amide bonds. The Morgan fingerprint density at radius 3 is 2.51 bits per heavy atom. The molecule has 2 aromatic heterocycles. The van der Waals surface area contributed by atoms with Crippen LogP contribution < -0.4 is 15.3 Å². The molecular weight excluding hydrogens is 610 g/mol. The zero-order valence-corrected chi connectivity index (χ0v) is 27.2. The number of fused-ring (bicyclic) bond motifs is 1. The predicted octanol–water partition coefficient (Wildman–Crippen LogP) is 4.21. The molecule has 45 heavy (non-hydrogen) atoms. The molecule has 3 N–H and O–H groups in total. The summed E-state index contributed by atoms with van der Waals surface area (Å²) >= 11 is 0. The van der Waals surface area contributed by atoms with E-state index < -0.39 is 62.2 Å². The molecule has 1 aromatic carbocycles. The summed E-state index contributed by atoms with van der Waals surface area (Å²) in [7, 11) is -4.36. The Balaban J connectivity index is 1.62. The van der Waals surface area contributed by atoms with E-state index in [0.29, 0.717) is 0 Å². The van der Waals surface area contributed by atoms with E-state index in [4.69, 9.17) is 29.0 Å². The lowest BCUT2D eigenvalue weighted by Gasteiger charge is -2.28. The summed E-state index contributed by atoms with van der Waals surface area (Å²) in [5.41, 5.74) is 3.63. The highest BCUT2D eigenvalue weighted by Gasteiger charge is 2.59. The van der Waals surface area contributed by atoms with Gasteiger partial charge in [-0.2, -0.15) is 10.2 Å². The smallest absolute Gasteiger partial charge is 0.459 e. The molecule has 1 saturated heterocycles. The van der Waals surface area contributed by atoms with Gasteiger partial charge in [-0.1, -0.05) is 52.8 Å². The fourth-order valence-electron chi connectivity index (χ4n) is 4.45. The Labute approximate surface area is 260 Å². The number of para-hydroxylation sites is 1. The van der Waals surface area contributed by atoms with E-state index in [2.05, 4.69) is 20.2 Å². The number of nitrogens with two attached hydrogens (primary N) is 1. The van der Waals surface area contributed by atoms with Crippen molar-refractivity contribution < 1.29 is 41.8 Å². The van der Waals surface area contributed by atoms with Crippen LogP contribution in [0.5, 0.6) is 5.75 Å². The zero-order chi connectivity index (χ0) is 33.2. The molecule has 3 heterocycles. The molecule has 16 heteroatoms. The van der Waals surface area contributed by atoms with Crippen LogP contribution in [0.4, 0.5) is 10.2 Å². The monoisotopic (exact) mass is 650 g/mol. The number of nitrogen functional groups attached to an aromatic ring is 1. The van der Waals surface area contributed by atoms with Gasteiger partial charge in [0.1, 0.15) is 30.3 Å². The van der Waals surface area contributed by atoms with Crippen LogP contribution in [0, 0.1) is 11.3 Å². The standard InChI is InChI=1S/C29H40FN6O8P/c1-17(2)26(37)43-23-21(42-22(29(23,7)30)20-13-32-25-24(31)33-16-34-36(20)25)14-41-45(39,44-19-11-9-8-10-12-19)35-18(3)27(38)40-15-28(4,5)6/h8-13,16-18,21-23H,14-15H2,1-7H3,(H,35,39)(H2,31,33,34). The second kappa shape index (κ2) is 13.4. The van der Waals surface area contributed by atoms with Gasteiger partial charge in [-0.05, 0) is 31.4 Å². The first-order valence-electron chi connectivity index (χ1n) is 14.4. The molecule has 0 aliphatic carbocycles. The van der Waals surface area contributed by atoms with Crippen LogP contribution in [0.2, 0.25) is 0 Å². The average molecular weight is 651 g/mol. The molecule has 0 saturated carbocycles. The number of hydrogen-bond donors (Lipinski definition) is 2. The SMILES string of the molecule is CC(C)C(=O)OC1C(COP(=O)(NC(C)C(=O)OCC(C)(C)C)Oc2ccccc2)OC(c2cnc3c(N)ncnn23)C1(C)F. The number of carbonyl (C=O) groups is 2.